The van der Waals surface area contributed by atoms with Gasteiger partial charge in [-0.15, -0.1) is 0 Å². The second-order valence-electron chi connectivity index (χ2n) is 6.51. The number of amides is 1. The van der Waals surface area contributed by atoms with Crippen LogP contribution in [0.1, 0.15) is 44.6 Å². The first kappa shape index (κ1) is 14.6. The molecule has 1 heterocycles. The van der Waals surface area contributed by atoms with E-state index in [1.807, 2.05) is 12.1 Å². The molecule has 2 fully saturated rings. The number of aryl methyl sites for hydroxylation is 1. The van der Waals surface area contributed by atoms with E-state index in [1.165, 1.54) is 44.3 Å². The molecule has 1 aliphatic carbocycles. The summed E-state index contributed by atoms with van der Waals surface area (Å²) >= 11 is 0. The van der Waals surface area contributed by atoms with E-state index in [1.54, 1.807) is 0 Å². The van der Waals surface area contributed by atoms with E-state index in [0.717, 1.165) is 18.2 Å². The third kappa shape index (κ3) is 4.07. The first-order valence-corrected chi connectivity index (χ1v) is 8.37. The molecular weight excluding hydrogens is 260 g/mol. The number of hydrogen-bond acceptors (Lipinski definition) is 2. The molecule has 1 aromatic rings. The van der Waals surface area contributed by atoms with Gasteiger partial charge in [-0.3, -0.25) is 4.79 Å². The summed E-state index contributed by atoms with van der Waals surface area (Å²) in [5.74, 6) is 0.735. The Hall–Kier alpha value is -1.35. The van der Waals surface area contributed by atoms with Crippen LogP contribution in [-0.4, -0.2) is 29.9 Å². The largest absolute Gasteiger partial charge is 0.326 e. The van der Waals surface area contributed by atoms with Crippen LogP contribution in [0.4, 0.5) is 5.69 Å². The zero-order chi connectivity index (χ0) is 14.7. The molecule has 1 aromatic carbocycles. The Morgan fingerprint density at radius 3 is 2.38 bits per heavy atom. The van der Waals surface area contributed by atoms with E-state index in [0.29, 0.717) is 12.3 Å². The van der Waals surface area contributed by atoms with Gasteiger partial charge >= 0.3 is 0 Å². The minimum absolute atomic E-state index is 0.170. The fraction of sp³-hybridized carbons (Fsp3) is 0.611. The van der Waals surface area contributed by atoms with E-state index >= 15 is 0 Å². The minimum atomic E-state index is 0.170. The van der Waals surface area contributed by atoms with Crippen LogP contribution in [0, 0.1) is 5.92 Å². The Morgan fingerprint density at radius 1 is 1.14 bits per heavy atom. The molecule has 1 N–H and O–H groups in total. The van der Waals surface area contributed by atoms with Gasteiger partial charge in [-0.05, 0) is 68.8 Å². The summed E-state index contributed by atoms with van der Waals surface area (Å²) < 4.78 is 0. The average molecular weight is 286 g/mol. The van der Waals surface area contributed by atoms with Crippen LogP contribution in [0.25, 0.3) is 0 Å². The van der Waals surface area contributed by atoms with E-state index in [2.05, 4.69) is 29.3 Å². The lowest BCUT2D eigenvalue weighted by Crippen LogP contribution is -2.36. The molecule has 1 aliphatic heterocycles. The molecule has 3 nitrogen and oxygen atoms in total. The fourth-order valence-corrected chi connectivity index (χ4v) is 3.26. The molecular formula is C18H26N2O. The topological polar surface area (TPSA) is 32.3 Å². The first-order chi connectivity index (χ1) is 10.2. The lowest BCUT2D eigenvalue weighted by Gasteiger charge is -2.31. The SMILES string of the molecule is CCc1ccc(NC(=O)CC2CCN(C3CC3)CC2)cc1. The van der Waals surface area contributed by atoms with Crippen molar-refractivity contribution in [2.45, 2.75) is 51.5 Å². The monoisotopic (exact) mass is 286 g/mol. The molecule has 1 saturated carbocycles. The maximum absolute atomic E-state index is 12.1. The van der Waals surface area contributed by atoms with Gasteiger partial charge in [-0.25, -0.2) is 0 Å². The zero-order valence-corrected chi connectivity index (χ0v) is 13.0. The average Bonchev–Trinajstić information content (AvgIpc) is 3.33. The van der Waals surface area contributed by atoms with Crippen molar-refractivity contribution < 1.29 is 4.79 Å². The van der Waals surface area contributed by atoms with Crippen LogP contribution >= 0.6 is 0 Å². The van der Waals surface area contributed by atoms with E-state index in [-0.39, 0.29) is 5.91 Å². The molecule has 0 radical (unpaired) electrons. The number of likely N-dealkylation sites (tertiary alicyclic amines) is 1. The molecule has 1 saturated heterocycles. The molecule has 114 valence electrons. The van der Waals surface area contributed by atoms with Gasteiger partial charge in [-0.1, -0.05) is 19.1 Å². The highest BCUT2D eigenvalue weighted by molar-refractivity contribution is 5.90. The number of carbonyl (C=O) groups excluding carboxylic acids is 1. The quantitative estimate of drug-likeness (QED) is 0.899. The molecule has 1 amide bonds. The molecule has 0 unspecified atom stereocenters. The summed E-state index contributed by atoms with van der Waals surface area (Å²) in [4.78, 5) is 14.7. The molecule has 0 spiro atoms. The van der Waals surface area contributed by atoms with Gasteiger partial charge < -0.3 is 10.2 Å². The second kappa shape index (κ2) is 6.61. The third-order valence-electron chi connectivity index (χ3n) is 4.83. The van der Waals surface area contributed by atoms with Crippen molar-refractivity contribution in [3.05, 3.63) is 29.8 Å². The van der Waals surface area contributed by atoms with Crippen molar-refractivity contribution in [2.75, 3.05) is 18.4 Å². The van der Waals surface area contributed by atoms with Gasteiger partial charge in [0.15, 0.2) is 0 Å². The summed E-state index contributed by atoms with van der Waals surface area (Å²) in [5, 5.41) is 3.03. The van der Waals surface area contributed by atoms with Crippen LogP contribution in [0.3, 0.4) is 0 Å². The summed E-state index contributed by atoms with van der Waals surface area (Å²) in [7, 11) is 0. The Morgan fingerprint density at radius 2 is 1.81 bits per heavy atom. The molecule has 0 bridgehead atoms. The molecule has 3 rings (SSSR count). The standard InChI is InChI=1S/C18H26N2O/c1-2-14-3-5-16(6-4-14)19-18(21)13-15-9-11-20(12-10-15)17-7-8-17/h3-6,15,17H,2,7-13H2,1H3,(H,19,21). The molecule has 2 aliphatic rings. The fourth-order valence-electron chi connectivity index (χ4n) is 3.26. The van der Waals surface area contributed by atoms with Crippen LogP contribution in [-0.2, 0) is 11.2 Å². The van der Waals surface area contributed by atoms with Crippen molar-refractivity contribution in [3.8, 4) is 0 Å². The lowest BCUT2D eigenvalue weighted by molar-refractivity contribution is -0.117. The number of benzene rings is 1. The smallest absolute Gasteiger partial charge is 0.224 e. The zero-order valence-electron chi connectivity index (χ0n) is 13.0. The van der Waals surface area contributed by atoms with Gasteiger partial charge in [0.05, 0.1) is 0 Å². The van der Waals surface area contributed by atoms with Gasteiger partial charge in [0.1, 0.15) is 0 Å². The normalized spacial score (nSPS) is 20.4. The number of nitrogens with zero attached hydrogens (tertiary/aromatic N) is 1. The molecule has 0 atom stereocenters. The van der Waals surface area contributed by atoms with E-state index in [4.69, 9.17) is 0 Å². The lowest BCUT2D eigenvalue weighted by atomic mass is 9.93. The van der Waals surface area contributed by atoms with Gasteiger partial charge in [0, 0.05) is 18.2 Å². The first-order valence-electron chi connectivity index (χ1n) is 8.37. The molecule has 21 heavy (non-hydrogen) atoms. The summed E-state index contributed by atoms with van der Waals surface area (Å²) in [5.41, 5.74) is 2.23. The van der Waals surface area contributed by atoms with Crippen molar-refractivity contribution in [3.63, 3.8) is 0 Å². The Bertz CT molecular complexity index is 470. The predicted octanol–water partition coefficient (Wildman–Crippen LogP) is 3.45. The van der Waals surface area contributed by atoms with Crippen LogP contribution in [0.15, 0.2) is 24.3 Å². The number of nitrogens with one attached hydrogen (secondary N) is 1. The second-order valence-corrected chi connectivity index (χ2v) is 6.51. The van der Waals surface area contributed by atoms with Crippen molar-refractivity contribution in [1.82, 2.24) is 4.90 Å². The number of anilines is 1. The van der Waals surface area contributed by atoms with Gasteiger partial charge in [-0.2, -0.15) is 0 Å². The minimum Gasteiger partial charge on any atom is -0.326 e. The van der Waals surface area contributed by atoms with Gasteiger partial charge in [0.25, 0.3) is 0 Å². The maximum Gasteiger partial charge on any atom is 0.224 e. The van der Waals surface area contributed by atoms with Crippen LogP contribution < -0.4 is 5.32 Å². The van der Waals surface area contributed by atoms with Crippen LogP contribution in [0.2, 0.25) is 0 Å². The van der Waals surface area contributed by atoms with Gasteiger partial charge in [0.2, 0.25) is 5.91 Å². The number of rotatable bonds is 5. The van der Waals surface area contributed by atoms with E-state index < -0.39 is 0 Å². The summed E-state index contributed by atoms with van der Waals surface area (Å²) in [6.45, 7) is 4.52. The Kier molecular flexibility index (Phi) is 4.59. The Labute approximate surface area is 127 Å². The third-order valence-corrected chi connectivity index (χ3v) is 4.83. The highest BCUT2D eigenvalue weighted by atomic mass is 16.1. The van der Waals surface area contributed by atoms with Crippen molar-refractivity contribution in [2.24, 2.45) is 5.92 Å². The molecule has 0 aromatic heterocycles. The summed E-state index contributed by atoms with van der Waals surface area (Å²) in [6.07, 6.45) is 6.84. The van der Waals surface area contributed by atoms with Crippen LogP contribution in [0.5, 0.6) is 0 Å². The predicted molar refractivity (Wildman–Crippen MR) is 86.4 cm³/mol. The van der Waals surface area contributed by atoms with Crippen molar-refractivity contribution >= 4 is 11.6 Å². The summed E-state index contributed by atoms with van der Waals surface area (Å²) in [6, 6.07) is 9.06. The highest BCUT2D eigenvalue weighted by Crippen LogP contribution is 2.31. The number of hydrogen-bond donors (Lipinski definition) is 1. The maximum atomic E-state index is 12.1. The van der Waals surface area contributed by atoms with Crippen molar-refractivity contribution in [1.29, 1.82) is 0 Å². The number of carbonyl (C=O) groups is 1. The van der Waals surface area contributed by atoms with E-state index in [9.17, 15) is 4.79 Å². The number of piperidine rings is 1. The molecule has 3 heteroatoms. The highest BCUT2D eigenvalue weighted by Gasteiger charge is 2.32. The Balaban J connectivity index is 1.43.